The molecule has 0 aliphatic carbocycles. The van der Waals surface area contributed by atoms with Gasteiger partial charge in [-0.3, -0.25) is 14.9 Å². The Kier molecular flexibility index (Phi) is 5.29. The lowest BCUT2D eigenvalue weighted by molar-refractivity contribution is -0.383. The molecule has 0 aliphatic heterocycles. The number of aromatic nitrogens is 2. The number of carbonyl (C=O) groups is 1. The Balaban J connectivity index is 2.00. The Morgan fingerprint density at radius 2 is 1.83 bits per heavy atom. The summed E-state index contributed by atoms with van der Waals surface area (Å²) in [6, 6.07) is 9.92. The lowest BCUT2D eigenvalue weighted by Crippen LogP contribution is -2.15. The van der Waals surface area contributed by atoms with E-state index in [0.29, 0.717) is 9.70 Å². The van der Waals surface area contributed by atoms with Crippen LogP contribution in [0.2, 0.25) is 5.02 Å². The van der Waals surface area contributed by atoms with Crippen LogP contribution in [0.4, 0.5) is 24.5 Å². The number of benzene rings is 2. The highest BCUT2D eigenvalue weighted by molar-refractivity contribution is 6.30. The maximum absolute atomic E-state index is 13.2. The van der Waals surface area contributed by atoms with Crippen LogP contribution in [0, 0.1) is 17.0 Å². The zero-order chi connectivity index (χ0) is 21.3. The Bertz CT molecular complexity index is 1090. The number of rotatable bonds is 4. The third-order valence-electron chi connectivity index (χ3n) is 3.90. The molecule has 0 fully saturated rings. The number of carbonyl (C=O) groups excluding carboxylic acids is 1. The van der Waals surface area contributed by atoms with Crippen LogP contribution >= 0.6 is 11.6 Å². The van der Waals surface area contributed by atoms with Crippen molar-refractivity contribution in [2.24, 2.45) is 0 Å². The molecule has 0 saturated carbocycles. The van der Waals surface area contributed by atoms with Crippen molar-refractivity contribution in [1.29, 1.82) is 0 Å². The van der Waals surface area contributed by atoms with Crippen molar-refractivity contribution in [3.8, 4) is 5.69 Å². The molecule has 7 nitrogen and oxygen atoms in total. The Morgan fingerprint density at radius 1 is 1.17 bits per heavy atom. The molecule has 1 amide bonds. The van der Waals surface area contributed by atoms with E-state index in [1.807, 2.05) is 0 Å². The zero-order valence-electron chi connectivity index (χ0n) is 14.7. The van der Waals surface area contributed by atoms with Crippen molar-refractivity contribution in [3.05, 3.63) is 80.6 Å². The molecule has 0 atom stereocenters. The predicted octanol–water partition coefficient (Wildman–Crippen LogP) is 5.01. The van der Waals surface area contributed by atoms with Crippen LogP contribution in [0.5, 0.6) is 0 Å². The minimum atomic E-state index is -4.70. The van der Waals surface area contributed by atoms with E-state index in [9.17, 15) is 28.1 Å². The molecule has 29 heavy (non-hydrogen) atoms. The summed E-state index contributed by atoms with van der Waals surface area (Å²) in [4.78, 5) is 22.9. The molecule has 11 heteroatoms. The number of amides is 1. The first-order valence-corrected chi connectivity index (χ1v) is 8.43. The van der Waals surface area contributed by atoms with Gasteiger partial charge in [0.15, 0.2) is 0 Å². The summed E-state index contributed by atoms with van der Waals surface area (Å²) in [7, 11) is 0. The van der Waals surface area contributed by atoms with E-state index in [1.54, 1.807) is 0 Å². The number of nitrogens with zero attached hydrogens (tertiary/aromatic N) is 3. The minimum absolute atomic E-state index is 0.0973. The second kappa shape index (κ2) is 7.55. The van der Waals surface area contributed by atoms with Crippen molar-refractivity contribution in [3.63, 3.8) is 0 Å². The lowest BCUT2D eigenvalue weighted by Gasteiger charge is -2.12. The normalized spacial score (nSPS) is 11.3. The summed E-state index contributed by atoms with van der Waals surface area (Å²) in [6.45, 7) is 1.38. The van der Waals surface area contributed by atoms with E-state index in [1.165, 1.54) is 37.3 Å². The maximum atomic E-state index is 13.2. The molecule has 0 aliphatic rings. The number of nitro groups is 1. The number of alkyl halides is 3. The molecule has 3 rings (SSSR count). The molecular formula is C18H12ClF3N4O3. The second-order valence-corrected chi connectivity index (χ2v) is 6.44. The third kappa shape index (κ3) is 4.37. The van der Waals surface area contributed by atoms with E-state index in [2.05, 4.69) is 10.4 Å². The molecule has 0 saturated heterocycles. The Labute approximate surface area is 166 Å². The lowest BCUT2D eigenvalue weighted by atomic mass is 10.2. The van der Waals surface area contributed by atoms with Crippen LogP contribution in [0.15, 0.2) is 48.5 Å². The summed E-state index contributed by atoms with van der Waals surface area (Å²) in [5.74, 6) is -0.636. The highest BCUT2D eigenvalue weighted by Crippen LogP contribution is 2.34. The van der Waals surface area contributed by atoms with Gasteiger partial charge in [0.25, 0.3) is 11.6 Å². The van der Waals surface area contributed by atoms with Crippen molar-refractivity contribution < 1.29 is 22.9 Å². The second-order valence-electron chi connectivity index (χ2n) is 6.00. The van der Waals surface area contributed by atoms with Crippen LogP contribution in [-0.4, -0.2) is 20.6 Å². The van der Waals surface area contributed by atoms with Crippen LogP contribution in [0.1, 0.15) is 21.7 Å². The summed E-state index contributed by atoms with van der Waals surface area (Å²) in [6.07, 6.45) is -4.70. The van der Waals surface area contributed by atoms with Crippen molar-refractivity contribution in [2.45, 2.75) is 13.1 Å². The van der Waals surface area contributed by atoms with Gasteiger partial charge in [-0.05, 0) is 49.4 Å². The SMILES string of the molecule is Cc1cc(C(F)(F)F)n(-c2ccc(NC(=O)c3ccc(Cl)cc3)c([N+](=O)[O-])c2)n1. The predicted molar refractivity (Wildman–Crippen MR) is 99.4 cm³/mol. The minimum Gasteiger partial charge on any atom is -0.316 e. The number of anilines is 1. The van der Waals surface area contributed by atoms with Crippen molar-refractivity contribution >= 4 is 28.9 Å². The van der Waals surface area contributed by atoms with Crippen molar-refractivity contribution in [2.75, 3.05) is 5.32 Å². The van der Waals surface area contributed by atoms with Crippen LogP contribution in [0.25, 0.3) is 5.69 Å². The molecule has 0 bridgehead atoms. The van der Waals surface area contributed by atoms with Gasteiger partial charge in [0.2, 0.25) is 0 Å². The largest absolute Gasteiger partial charge is 0.433 e. The molecule has 0 unspecified atom stereocenters. The van der Waals surface area contributed by atoms with Gasteiger partial charge in [-0.1, -0.05) is 11.6 Å². The molecule has 1 aromatic heterocycles. The summed E-state index contributed by atoms with van der Waals surface area (Å²) >= 11 is 5.76. The molecule has 0 spiro atoms. The number of aryl methyl sites for hydroxylation is 1. The standard InChI is InChI=1S/C18H12ClF3N4O3/c1-10-8-16(18(20,21)22)25(24-10)13-6-7-14(15(9-13)26(28)29)23-17(27)11-2-4-12(19)5-3-11/h2-9H,1H3,(H,23,27). The Morgan fingerprint density at radius 3 is 2.41 bits per heavy atom. The highest BCUT2D eigenvalue weighted by atomic mass is 35.5. The van der Waals surface area contributed by atoms with E-state index in [4.69, 9.17) is 11.6 Å². The molecule has 3 aromatic rings. The number of nitro benzene ring substituents is 1. The van der Waals surface area contributed by atoms with Gasteiger partial charge < -0.3 is 5.32 Å². The summed E-state index contributed by atoms with van der Waals surface area (Å²) in [5.41, 5.74) is -1.68. The first-order chi connectivity index (χ1) is 13.6. The van der Waals surface area contributed by atoms with Gasteiger partial charge in [-0.25, -0.2) is 4.68 Å². The molecule has 150 valence electrons. The number of hydrogen-bond donors (Lipinski definition) is 1. The van der Waals surface area contributed by atoms with Gasteiger partial charge in [0.1, 0.15) is 11.4 Å². The summed E-state index contributed by atoms with van der Waals surface area (Å²) < 4.78 is 40.2. The smallest absolute Gasteiger partial charge is 0.316 e. The van der Waals surface area contributed by atoms with Crippen LogP contribution < -0.4 is 5.32 Å². The molecular weight excluding hydrogens is 413 g/mol. The first-order valence-electron chi connectivity index (χ1n) is 8.06. The van der Waals surface area contributed by atoms with Crippen LogP contribution in [0.3, 0.4) is 0 Å². The third-order valence-corrected chi connectivity index (χ3v) is 4.15. The van der Waals surface area contributed by atoms with Gasteiger partial charge in [0, 0.05) is 16.7 Å². The zero-order valence-corrected chi connectivity index (χ0v) is 15.5. The molecule has 1 heterocycles. The average molecular weight is 425 g/mol. The maximum Gasteiger partial charge on any atom is 0.433 e. The number of nitrogens with one attached hydrogen (secondary N) is 1. The highest BCUT2D eigenvalue weighted by Gasteiger charge is 2.36. The van der Waals surface area contributed by atoms with E-state index >= 15 is 0 Å². The van der Waals surface area contributed by atoms with E-state index < -0.39 is 28.4 Å². The average Bonchev–Trinajstić information content (AvgIpc) is 3.04. The molecule has 2 aromatic carbocycles. The van der Waals surface area contributed by atoms with Gasteiger partial charge in [-0.2, -0.15) is 18.3 Å². The fourth-order valence-corrected chi connectivity index (χ4v) is 2.73. The van der Waals surface area contributed by atoms with E-state index in [-0.39, 0.29) is 22.6 Å². The van der Waals surface area contributed by atoms with Gasteiger partial charge in [-0.15, -0.1) is 0 Å². The fourth-order valence-electron chi connectivity index (χ4n) is 2.60. The van der Waals surface area contributed by atoms with Crippen molar-refractivity contribution in [1.82, 2.24) is 9.78 Å². The van der Waals surface area contributed by atoms with Gasteiger partial charge in [0.05, 0.1) is 16.3 Å². The number of halogens is 4. The topological polar surface area (TPSA) is 90.1 Å². The quantitative estimate of drug-likeness (QED) is 0.470. The monoisotopic (exact) mass is 424 g/mol. The summed E-state index contributed by atoms with van der Waals surface area (Å²) in [5, 5.41) is 18.0. The number of hydrogen-bond acceptors (Lipinski definition) is 4. The molecule has 0 radical (unpaired) electrons. The fraction of sp³-hybridized carbons (Fsp3) is 0.111. The van der Waals surface area contributed by atoms with Crippen LogP contribution in [-0.2, 0) is 6.18 Å². The molecule has 1 N–H and O–H groups in total. The van der Waals surface area contributed by atoms with E-state index in [0.717, 1.165) is 18.2 Å². The Hall–Kier alpha value is -3.40. The first kappa shape index (κ1) is 20.3. The van der Waals surface area contributed by atoms with Gasteiger partial charge >= 0.3 is 6.18 Å².